The van der Waals surface area contributed by atoms with Gasteiger partial charge in [0.25, 0.3) is 0 Å². The predicted octanol–water partition coefficient (Wildman–Crippen LogP) is 2.91. The third kappa shape index (κ3) is 6.31. The minimum absolute atomic E-state index is 0.0561. The number of rotatable bonds is 7. The summed E-state index contributed by atoms with van der Waals surface area (Å²) < 4.78 is 48.3. The summed E-state index contributed by atoms with van der Waals surface area (Å²) in [4.78, 5) is 11.8. The van der Waals surface area contributed by atoms with Crippen molar-refractivity contribution in [3.63, 3.8) is 0 Å². The summed E-state index contributed by atoms with van der Waals surface area (Å²) >= 11 is 0. The average Bonchev–Trinajstić information content (AvgIpc) is 2.38. The maximum Gasteiger partial charge on any atom is 0.395 e. The maximum atomic E-state index is 12.6. The molecule has 1 N–H and O–H groups in total. The van der Waals surface area contributed by atoms with E-state index in [0.29, 0.717) is 13.2 Å². The van der Waals surface area contributed by atoms with Gasteiger partial charge in [-0.3, -0.25) is 4.79 Å². The van der Waals surface area contributed by atoms with Crippen molar-refractivity contribution in [2.75, 3.05) is 13.2 Å². The average molecular weight is 307 g/mol. The molecule has 1 amide bonds. The van der Waals surface area contributed by atoms with Crippen LogP contribution in [0, 0.1) is 5.92 Å². The molecule has 0 fully saturated rings. The van der Waals surface area contributed by atoms with Gasteiger partial charge in [0.2, 0.25) is 5.91 Å². The van der Waals surface area contributed by atoms with Crippen molar-refractivity contribution in [2.24, 2.45) is 5.92 Å². The molecule has 0 aromatic heterocycles. The molecule has 1 rings (SSSR count). The van der Waals surface area contributed by atoms with Gasteiger partial charge >= 0.3 is 6.18 Å². The summed E-state index contributed by atoms with van der Waals surface area (Å²) in [7, 11) is 0. The van der Waals surface area contributed by atoms with E-state index in [1.54, 1.807) is 13.8 Å². The molecule has 21 heavy (non-hydrogen) atoms. The Kier molecular flexibility index (Phi) is 6.91. The van der Waals surface area contributed by atoms with Crippen molar-refractivity contribution in [3.05, 3.63) is 23.9 Å². The highest BCUT2D eigenvalue weighted by molar-refractivity contribution is 5.78. The molecule has 0 radical (unpaired) electrons. The van der Waals surface area contributed by atoms with E-state index >= 15 is 0 Å². The van der Waals surface area contributed by atoms with E-state index in [0.717, 1.165) is 6.08 Å². The zero-order chi connectivity index (χ0) is 15.9. The fourth-order valence-corrected chi connectivity index (χ4v) is 1.92. The number of ether oxygens (including phenoxy) is 2. The molecule has 4 nitrogen and oxygen atoms in total. The summed E-state index contributed by atoms with van der Waals surface area (Å²) in [5.74, 6) is -1.99. The normalized spacial score (nSPS) is 18.8. The Bertz CT molecular complexity index is 399. The highest BCUT2D eigenvalue weighted by Gasteiger charge is 2.39. The molecule has 0 saturated carbocycles. The van der Waals surface area contributed by atoms with E-state index in [1.165, 1.54) is 12.2 Å². The molecule has 0 bridgehead atoms. The Morgan fingerprint density at radius 2 is 2.00 bits per heavy atom. The molecular formula is C14H20F3NO3. The first-order chi connectivity index (χ1) is 9.86. The van der Waals surface area contributed by atoms with E-state index in [-0.39, 0.29) is 18.5 Å². The van der Waals surface area contributed by atoms with Gasteiger partial charge in [0.1, 0.15) is 0 Å². The van der Waals surface area contributed by atoms with Crippen molar-refractivity contribution in [3.8, 4) is 0 Å². The standard InChI is InChI=1S/C14H20F3NO3/c1-3-20-13(21-4-2)9-12(19)18-11-7-5-6-10(8-11)14(15,16)17/h5-7,10,13H,3-4,8-9H2,1-2H3,(H,18,19). The second kappa shape index (κ2) is 8.19. The summed E-state index contributed by atoms with van der Waals surface area (Å²) in [6, 6.07) is 0. The van der Waals surface area contributed by atoms with Gasteiger partial charge in [-0.2, -0.15) is 13.2 Å². The van der Waals surface area contributed by atoms with Crippen LogP contribution in [0.1, 0.15) is 26.7 Å². The number of alkyl halides is 3. The Balaban J connectivity index is 2.51. The predicted molar refractivity (Wildman–Crippen MR) is 71.2 cm³/mol. The summed E-state index contributed by atoms with van der Waals surface area (Å²) in [6.45, 7) is 4.32. The number of amides is 1. The Hall–Kier alpha value is -1.34. The van der Waals surface area contributed by atoms with Gasteiger partial charge in [-0.25, -0.2) is 0 Å². The molecule has 7 heteroatoms. The number of halogens is 3. The third-order valence-corrected chi connectivity index (χ3v) is 2.86. The highest BCUT2D eigenvalue weighted by Crippen LogP contribution is 2.33. The quantitative estimate of drug-likeness (QED) is 0.736. The number of carbonyl (C=O) groups excluding carboxylic acids is 1. The number of hydrogen-bond donors (Lipinski definition) is 1. The monoisotopic (exact) mass is 307 g/mol. The molecule has 1 unspecified atom stereocenters. The van der Waals surface area contributed by atoms with Gasteiger partial charge in [0, 0.05) is 25.3 Å². The highest BCUT2D eigenvalue weighted by atomic mass is 19.4. The van der Waals surface area contributed by atoms with E-state index in [1.807, 2.05) is 0 Å². The first kappa shape index (κ1) is 17.7. The summed E-state index contributed by atoms with van der Waals surface area (Å²) in [5, 5.41) is 2.48. The van der Waals surface area contributed by atoms with Crippen molar-refractivity contribution in [1.82, 2.24) is 5.32 Å². The Morgan fingerprint density at radius 1 is 1.38 bits per heavy atom. The molecule has 1 aliphatic carbocycles. The maximum absolute atomic E-state index is 12.6. The van der Waals surface area contributed by atoms with E-state index in [2.05, 4.69) is 5.32 Å². The number of hydrogen-bond acceptors (Lipinski definition) is 3. The lowest BCUT2D eigenvalue weighted by Crippen LogP contribution is -2.32. The molecular weight excluding hydrogens is 287 g/mol. The fraction of sp³-hybridized carbons (Fsp3) is 0.643. The molecule has 1 atom stereocenters. The van der Waals surface area contributed by atoms with Crippen LogP contribution in [0.3, 0.4) is 0 Å². The van der Waals surface area contributed by atoms with Crippen molar-refractivity contribution >= 4 is 5.91 Å². The fourth-order valence-electron chi connectivity index (χ4n) is 1.92. The van der Waals surface area contributed by atoms with E-state index < -0.39 is 24.3 Å². The molecule has 1 aliphatic rings. The molecule has 0 aromatic rings. The molecule has 0 spiro atoms. The topological polar surface area (TPSA) is 47.6 Å². The van der Waals surface area contributed by atoms with Crippen LogP contribution in [0.25, 0.3) is 0 Å². The zero-order valence-electron chi connectivity index (χ0n) is 12.1. The SMILES string of the molecule is CCOC(CC(=O)NC1=CC=CC(C(F)(F)F)C1)OCC. The van der Waals surface area contributed by atoms with Crippen molar-refractivity contribution < 1.29 is 27.4 Å². The zero-order valence-corrected chi connectivity index (χ0v) is 12.1. The molecule has 0 aliphatic heterocycles. The molecule has 120 valence electrons. The Labute approximate surface area is 122 Å². The smallest absolute Gasteiger partial charge is 0.352 e. The summed E-state index contributed by atoms with van der Waals surface area (Å²) in [5.41, 5.74) is 0.247. The molecule has 0 saturated heterocycles. The minimum atomic E-state index is -4.31. The largest absolute Gasteiger partial charge is 0.395 e. The first-order valence-corrected chi connectivity index (χ1v) is 6.83. The number of allylic oxidation sites excluding steroid dienone is 4. The van der Waals surface area contributed by atoms with Gasteiger partial charge < -0.3 is 14.8 Å². The van der Waals surface area contributed by atoms with Crippen LogP contribution in [0.4, 0.5) is 13.2 Å². The van der Waals surface area contributed by atoms with E-state index in [9.17, 15) is 18.0 Å². The van der Waals surface area contributed by atoms with Crippen LogP contribution in [0.15, 0.2) is 23.9 Å². The third-order valence-electron chi connectivity index (χ3n) is 2.86. The molecule has 0 heterocycles. The second-order valence-corrected chi connectivity index (χ2v) is 4.52. The second-order valence-electron chi connectivity index (χ2n) is 4.52. The first-order valence-electron chi connectivity index (χ1n) is 6.83. The lowest BCUT2D eigenvalue weighted by atomic mass is 9.97. The van der Waals surface area contributed by atoms with Gasteiger partial charge in [-0.1, -0.05) is 12.2 Å². The van der Waals surface area contributed by atoms with Gasteiger partial charge in [0.15, 0.2) is 6.29 Å². The number of nitrogens with one attached hydrogen (secondary N) is 1. The van der Waals surface area contributed by atoms with Gasteiger partial charge in [-0.05, 0) is 19.9 Å². The summed E-state index contributed by atoms with van der Waals surface area (Å²) in [6.07, 6.45) is -1.45. The van der Waals surface area contributed by atoms with Gasteiger partial charge in [-0.15, -0.1) is 0 Å². The van der Waals surface area contributed by atoms with Crippen LogP contribution in [0.5, 0.6) is 0 Å². The van der Waals surface area contributed by atoms with Crippen LogP contribution in [0.2, 0.25) is 0 Å². The van der Waals surface area contributed by atoms with Crippen LogP contribution >= 0.6 is 0 Å². The lowest BCUT2D eigenvalue weighted by Gasteiger charge is -2.22. The van der Waals surface area contributed by atoms with Gasteiger partial charge in [0.05, 0.1) is 12.3 Å². The van der Waals surface area contributed by atoms with Crippen LogP contribution < -0.4 is 5.32 Å². The van der Waals surface area contributed by atoms with Crippen LogP contribution in [-0.2, 0) is 14.3 Å². The van der Waals surface area contributed by atoms with Crippen molar-refractivity contribution in [2.45, 2.75) is 39.2 Å². The molecule has 0 aromatic carbocycles. The van der Waals surface area contributed by atoms with E-state index in [4.69, 9.17) is 9.47 Å². The minimum Gasteiger partial charge on any atom is -0.352 e. The van der Waals surface area contributed by atoms with Crippen molar-refractivity contribution in [1.29, 1.82) is 0 Å². The van der Waals surface area contributed by atoms with Crippen LogP contribution in [-0.4, -0.2) is 31.6 Å². The number of carbonyl (C=O) groups is 1. The lowest BCUT2D eigenvalue weighted by molar-refractivity contribution is -0.162. The Morgan fingerprint density at radius 3 is 2.52 bits per heavy atom.